The van der Waals surface area contributed by atoms with Gasteiger partial charge in [-0.25, -0.2) is 0 Å². The third-order valence-electron chi connectivity index (χ3n) is 6.78. The van der Waals surface area contributed by atoms with Crippen LogP contribution in [0.5, 0.6) is 0 Å². The molecule has 1 aromatic carbocycles. The lowest BCUT2D eigenvalue weighted by molar-refractivity contribution is -0.159. The van der Waals surface area contributed by atoms with Gasteiger partial charge in [-0.1, -0.05) is 54.6 Å². The second-order valence-electron chi connectivity index (χ2n) is 9.61. The Morgan fingerprint density at radius 1 is 1.16 bits per heavy atom. The number of nitrogens with one attached hydrogen (secondary N) is 1. The number of allylic oxidation sites excluding steroid dienone is 2. The molecule has 1 aliphatic rings. The molecule has 0 radical (unpaired) electrons. The first-order valence-corrected chi connectivity index (χ1v) is 13.3. The molecule has 0 heterocycles. The Hall–Kier alpha value is -2.52. The van der Waals surface area contributed by atoms with Gasteiger partial charge in [0.2, 0.25) is 5.91 Å². The molecule has 1 fully saturated rings. The molecule has 5 atom stereocenters. The fourth-order valence-electron chi connectivity index (χ4n) is 4.62. The first-order valence-electron chi connectivity index (χ1n) is 13.3. The van der Waals surface area contributed by atoms with E-state index in [1.165, 1.54) is 0 Å². The molecule has 8 nitrogen and oxygen atoms in total. The molecule has 1 amide bonds. The van der Waals surface area contributed by atoms with Crippen LogP contribution in [-0.2, 0) is 20.7 Å². The van der Waals surface area contributed by atoms with E-state index in [2.05, 4.69) is 5.32 Å². The van der Waals surface area contributed by atoms with Crippen molar-refractivity contribution in [1.29, 1.82) is 0 Å². The first kappa shape index (κ1) is 30.7. The topological polar surface area (TPSA) is 136 Å². The number of amides is 1. The van der Waals surface area contributed by atoms with E-state index in [4.69, 9.17) is 4.74 Å². The van der Waals surface area contributed by atoms with Crippen molar-refractivity contribution in [3.05, 3.63) is 60.2 Å². The molecule has 0 bridgehead atoms. The van der Waals surface area contributed by atoms with Gasteiger partial charge >= 0.3 is 5.97 Å². The SMILES string of the molecule is CCNC(=O)CCC/C=C\C[C@@H]1[C@H](C=C[C@@H](O)CCc2ccccc2)[C@H](O)C[C@@H]1OC(=O)C(CO)CO. The Morgan fingerprint density at radius 3 is 2.57 bits per heavy atom. The molecule has 0 unspecified atom stereocenters. The van der Waals surface area contributed by atoms with Gasteiger partial charge in [-0.2, -0.15) is 0 Å². The number of aryl methyl sites for hydroxylation is 1. The second kappa shape index (κ2) is 17.1. The van der Waals surface area contributed by atoms with E-state index in [-0.39, 0.29) is 24.2 Å². The van der Waals surface area contributed by atoms with Gasteiger partial charge in [0.1, 0.15) is 12.0 Å². The maximum absolute atomic E-state index is 12.4. The Morgan fingerprint density at radius 2 is 1.89 bits per heavy atom. The van der Waals surface area contributed by atoms with E-state index < -0.39 is 43.4 Å². The number of rotatable bonds is 16. The highest BCUT2D eigenvalue weighted by molar-refractivity contribution is 5.75. The van der Waals surface area contributed by atoms with Crippen LogP contribution in [0.3, 0.4) is 0 Å². The minimum Gasteiger partial charge on any atom is -0.462 e. The van der Waals surface area contributed by atoms with E-state index >= 15 is 0 Å². The van der Waals surface area contributed by atoms with Gasteiger partial charge in [-0.3, -0.25) is 9.59 Å². The van der Waals surface area contributed by atoms with Crippen molar-refractivity contribution >= 4 is 11.9 Å². The lowest BCUT2D eigenvalue weighted by Crippen LogP contribution is -2.31. The lowest BCUT2D eigenvalue weighted by atomic mass is 9.89. The fraction of sp³-hybridized carbons (Fsp3) is 0.586. The van der Waals surface area contributed by atoms with E-state index in [1.807, 2.05) is 55.5 Å². The van der Waals surface area contributed by atoms with E-state index in [0.717, 1.165) is 24.8 Å². The Labute approximate surface area is 220 Å². The summed E-state index contributed by atoms with van der Waals surface area (Å²) < 4.78 is 5.62. The number of hydrogen-bond donors (Lipinski definition) is 5. The fourth-order valence-corrected chi connectivity index (χ4v) is 4.62. The number of aliphatic hydroxyl groups excluding tert-OH is 4. The normalized spacial score (nSPS) is 22.6. The summed E-state index contributed by atoms with van der Waals surface area (Å²) in [6.45, 7) is 1.46. The summed E-state index contributed by atoms with van der Waals surface area (Å²) in [7, 11) is 0. The second-order valence-corrected chi connectivity index (χ2v) is 9.61. The van der Waals surface area contributed by atoms with Gasteiger partial charge in [0.25, 0.3) is 0 Å². The number of aliphatic hydroxyl groups is 4. The monoisotopic (exact) mass is 517 g/mol. The van der Waals surface area contributed by atoms with Gasteiger partial charge < -0.3 is 30.5 Å². The summed E-state index contributed by atoms with van der Waals surface area (Å²) in [5.41, 5.74) is 1.14. The van der Waals surface area contributed by atoms with Crippen LogP contribution in [0.4, 0.5) is 0 Å². The summed E-state index contributed by atoms with van der Waals surface area (Å²) in [6.07, 6.45) is 9.42. The smallest absolute Gasteiger partial charge is 0.313 e. The number of carbonyl (C=O) groups excluding carboxylic acids is 2. The molecule has 0 spiro atoms. The molecule has 0 aliphatic heterocycles. The van der Waals surface area contributed by atoms with Gasteiger partial charge in [0, 0.05) is 31.2 Å². The zero-order valence-corrected chi connectivity index (χ0v) is 21.7. The number of ether oxygens (including phenoxy) is 1. The van der Waals surface area contributed by atoms with Crippen molar-refractivity contribution in [2.24, 2.45) is 17.8 Å². The Bertz CT molecular complexity index is 853. The van der Waals surface area contributed by atoms with Crippen molar-refractivity contribution in [2.45, 2.75) is 70.2 Å². The first-order chi connectivity index (χ1) is 17.9. The Kier molecular flexibility index (Phi) is 14.2. The predicted molar refractivity (Wildman–Crippen MR) is 141 cm³/mol. The summed E-state index contributed by atoms with van der Waals surface area (Å²) >= 11 is 0. The summed E-state index contributed by atoms with van der Waals surface area (Å²) in [6, 6.07) is 9.90. The van der Waals surface area contributed by atoms with Gasteiger partial charge in [0.05, 0.1) is 25.4 Å². The number of unbranched alkanes of at least 4 members (excludes halogenated alkanes) is 1. The van der Waals surface area contributed by atoms with Gasteiger partial charge in [-0.15, -0.1) is 0 Å². The van der Waals surface area contributed by atoms with Crippen molar-refractivity contribution in [3.8, 4) is 0 Å². The average Bonchev–Trinajstić information content (AvgIpc) is 3.18. The van der Waals surface area contributed by atoms with E-state index in [0.29, 0.717) is 25.8 Å². The standard InChI is InChI=1S/C29H43NO7/c1-2-30-28(35)13-9-4-3-8-12-25-24(17-16-23(33)15-14-21-10-6-5-7-11-21)26(34)18-27(25)37-29(36)22(19-31)20-32/h3,5-8,10-11,16-17,22-27,31-34H,2,4,9,12-15,18-20H2,1H3,(H,30,35)/b8-3-,17-16?/t23-,24-,25+,26+,27-/m0/s1. The van der Waals surface area contributed by atoms with E-state index in [9.17, 15) is 30.0 Å². The van der Waals surface area contributed by atoms with E-state index in [1.54, 1.807) is 6.08 Å². The molecule has 206 valence electrons. The largest absolute Gasteiger partial charge is 0.462 e. The quantitative estimate of drug-likeness (QED) is 0.129. The zero-order chi connectivity index (χ0) is 27.0. The minimum absolute atomic E-state index is 0.0279. The highest BCUT2D eigenvalue weighted by atomic mass is 16.5. The average molecular weight is 518 g/mol. The maximum Gasteiger partial charge on any atom is 0.313 e. The maximum atomic E-state index is 12.4. The molecule has 0 aromatic heterocycles. The Balaban J connectivity index is 2.01. The molecule has 1 saturated carbocycles. The summed E-state index contributed by atoms with van der Waals surface area (Å²) in [5.74, 6) is -2.23. The van der Waals surface area contributed by atoms with Crippen molar-refractivity contribution in [1.82, 2.24) is 5.32 Å². The van der Waals surface area contributed by atoms with Crippen LogP contribution in [0.2, 0.25) is 0 Å². The summed E-state index contributed by atoms with van der Waals surface area (Å²) in [5, 5.41) is 42.7. The number of carbonyl (C=O) groups is 2. The third kappa shape index (κ3) is 10.8. The third-order valence-corrected chi connectivity index (χ3v) is 6.78. The van der Waals surface area contributed by atoms with Crippen molar-refractivity contribution in [3.63, 3.8) is 0 Å². The molecular formula is C29H43NO7. The molecule has 37 heavy (non-hydrogen) atoms. The molecule has 5 N–H and O–H groups in total. The van der Waals surface area contributed by atoms with Crippen molar-refractivity contribution in [2.75, 3.05) is 19.8 Å². The minimum atomic E-state index is -1.02. The molecule has 1 aliphatic carbocycles. The summed E-state index contributed by atoms with van der Waals surface area (Å²) in [4.78, 5) is 24.0. The molecular weight excluding hydrogens is 474 g/mol. The van der Waals surface area contributed by atoms with Crippen LogP contribution in [0.1, 0.15) is 51.0 Å². The highest BCUT2D eigenvalue weighted by Crippen LogP contribution is 2.38. The van der Waals surface area contributed by atoms with Crippen LogP contribution in [0, 0.1) is 17.8 Å². The van der Waals surface area contributed by atoms with Crippen LogP contribution < -0.4 is 5.32 Å². The van der Waals surface area contributed by atoms with Crippen LogP contribution in [0.25, 0.3) is 0 Å². The van der Waals surface area contributed by atoms with Crippen LogP contribution in [-0.4, -0.2) is 70.4 Å². The molecule has 0 saturated heterocycles. The predicted octanol–water partition coefficient (Wildman–Crippen LogP) is 2.30. The van der Waals surface area contributed by atoms with Gasteiger partial charge in [0.15, 0.2) is 0 Å². The van der Waals surface area contributed by atoms with Gasteiger partial charge in [-0.05, 0) is 44.6 Å². The number of esters is 1. The van der Waals surface area contributed by atoms with Crippen molar-refractivity contribution < 1.29 is 34.8 Å². The number of hydrogen-bond acceptors (Lipinski definition) is 7. The molecule has 8 heteroatoms. The highest BCUT2D eigenvalue weighted by Gasteiger charge is 2.43. The molecule has 2 rings (SSSR count). The lowest BCUT2D eigenvalue weighted by Gasteiger charge is -2.24. The molecule has 1 aromatic rings. The van der Waals surface area contributed by atoms with Crippen LogP contribution >= 0.6 is 0 Å². The van der Waals surface area contributed by atoms with Crippen LogP contribution in [0.15, 0.2) is 54.6 Å². The zero-order valence-electron chi connectivity index (χ0n) is 21.7. The number of benzene rings is 1.